The van der Waals surface area contributed by atoms with Gasteiger partial charge < -0.3 is 9.87 Å². The van der Waals surface area contributed by atoms with Gasteiger partial charge in [0.25, 0.3) is 5.91 Å². The molecule has 1 atom stereocenters. The van der Waals surface area contributed by atoms with E-state index in [0.717, 1.165) is 5.56 Å². The molecule has 4 nitrogen and oxygen atoms in total. The summed E-state index contributed by atoms with van der Waals surface area (Å²) < 4.78 is 19.9. The number of nitrogens with one attached hydrogen (secondary N) is 1. The molecule has 0 aliphatic rings. The fourth-order valence-electron chi connectivity index (χ4n) is 1.67. The van der Waals surface area contributed by atoms with E-state index >= 15 is 0 Å². The van der Waals surface area contributed by atoms with Crippen molar-refractivity contribution in [2.45, 2.75) is 11.8 Å². The molecular weight excluding hydrogens is 262 g/mol. The number of carbonyl (C=O) groups is 1. The lowest BCUT2D eigenvalue weighted by Crippen LogP contribution is -2.12. The van der Waals surface area contributed by atoms with Crippen LogP contribution in [0, 0.1) is 6.92 Å². The van der Waals surface area contributed by atoms with Crippen molar-refractivity contribution in [1.29, 1.82) is 0 Å². The van der Waals surface area contributed by atoms with E-state index in [4.69, 9.17) is 4.55 Å². The maximum Gasteiger partial charge on any atom is 0.255 e. The molecule has 0 spiro atoms. The van der Waals surface area contributed by atoms with E-state index in [1.807, 2.05) is 19.1 Å². The zero-order valence-electron chi connectivity index (χ0n) is 10.3. The normalized spacial score (nSPS) is 11.9. The van der Waals surface area contributed by atoms with E-state index in [9.17, 15) is 9.00 Å². The van der Waals surface area contributed by atoms with Gasteiger partial charge in [-0.1, -0.05) is 23.8 Å². The van der Waals surface area contributed by atoms with E-state index in [-0.39, 0.29) is 10.8 Å². The van der Waals surface area contributed by atoms with Crippen molar-refractivity contribution in [1.82, 2.24) is 0 Å². The quantitative estimate of drug-likeness (QED) is 0.846. The van der Waals surface area contributed by atoms with Crippen LogP contribution in [0.1, 0.15) is 15.9 Å². The third kappa shape index (κ3) is 3.49. The minimum atomic E-state index is -2.05. The van der Waals surface area contributed by atoms with Crippen molar-refractivity contribution >= 4 is 22.7 Å². The number of anilines is 1. The van der Waals surface area contributed by atoms with Gasteiger partial charge in [0.05, 0.1) is 4.90 Å². The molecule has 0 aromatic heterocycles. The third-order valence-corrected chi connectivity index (χ3v) is 3.23. The molecule has 0 aliphatic carbocycles. The number of hydrogen-bond donors (Lipinski definition) is 2. The average molecular weight is 275 g/mol. The number of rotatable bonds is 3. The number of hydrogen-bond acceptors (Lipinski definition) is 2. The first-order chi connectivity index (χ1) is 9.06. The van der Waals surface area contributed by atoms with Gasteiger partial charge in [0.2, 0.25) is 0 Å². The first kappa shape index (κ1) is 13.5. The standard InChI is InChI=1S/C14H13NO3S/c1-10-4-2-5-11(8-10)14(16)15-12-6-3-7-13(9-12)19(17)18/h2-9H,1H3,(H,15,16)(H,17,18). The summed E-state index contributed by atoms with van der Waals surface area (Å²) in [5, 5.41) is 2.70. The highest BCUT2D eigenvalue weighted by molar-refractivity contribution is 7.79. The largest absolute Gasteiger partial charge is 0.322 e. The average Bonchev–Trinajstić information content (AvgIpc) is 2.39. The summed E-state index contributed by atoms with van der Waals surface area (Å²) in [6, 6.07) is 13.5. The Balaban J connectivity index is 2.19. The minimum absolute atomic E-state index is 0.246. The Bertz CT molecular complexity index is 640. The predicted molar refractivity (Wildman–Crippen MR) is 74.6 cm³/mol. The summed E-state index contributed by atoms with van der Waals surface area (Å²) in [7, 11) is 0. The maximum atomic E-state index is 12.0. The van der Waals surface area contributed by atoms with Crippen LogP contribution in [0.25, 0.3) is 0 Å². The van der Waals surface area contributed by atoms with Gasteiger partial charge >= 0.3 is 0 Å². The number of amides is 1. The van der Waals surface area contributed by atoms with Gasteiger partial charge in [-0.25, -0.2) is 4.21 Å². The second-order valence-electron chi connectivity index (χ2n) is 4.10. The van der Waals surface area contributed by atoms with E-state index in [2.05, 4.69) is 5.32 Å². The van der Waals surface area contributed by atoms with Gasteiger partial charge in [-0.05, 0) is 37.3 Å². The summed E-state index contributed by atoms with van der Waals surface area (Å²) in [5.74, 6) is -0.246. The molecule has 2 aromatic rings. The first-order valence-corrected chi connectivity index (χ1v) is 6.76. The van der Waals surface area contributed by atoms with Crippen LogP contribution in [0.5, 0.6) is 0 Å². The van der Waals surface area contributed by atoms with Gasteiger partial charge in [-0.15, -0.1) is 0 Å². The monoisotopic (exact) mass is 275 g/mol. The van der Waals surface area contributed by atoms with Crippen molar-refractivity contribution in [3.8, 4) is 0 Å². The highest BCUT2D eigenvalue weighted by Gasteiger charge is 2.07. The van der Waals surface area contributed by atoms with Crippen LogP contribution in [0.3, 0.4) is 0 Å². The molecule has 0 radical (unpaired) electrons. The molecule has 1 amide bonds. The van der Waals surface area contributed by atoms with Gasteiger partial charge in [0, 0.05) is 11.3 Å². The molecule has 2 aromatic carbocycles. The Hall–Kier alpha value is -1.98. The Morgan fingerprint density at radius 1 is 1.16 bits per heavy atom. The van der Waals surface area contributed by atoms with Gasteiger partial charge in [0.15, 0.2) is 11.1 Å². The molecule has 2 rings (SSSR count). The van der Waals surface area contributed by atoms with Gasteiger partial charge in [0.1, 0.15) is 0 Å². The number of carbonyl (C=O) groups excluding carboxylic acids is 1. The highest BCUT2D eigenvalue weighted by atomic mass is 32.2. The first-order valence-electron chi connectivity index (χ1n) is 5.65. The second kappa shape index (κ2) is 5.77. The molecule has 0 bridgehead atoms. The summed E-state index contributed by atoms with van der Waals surface area (Å²) in [4.78, 5) is 12.2. The fraction of sp³-hybridized carbons (Fsp3) is 0.0714. The molecule has 0 fully saturated rings. The van der Waals surface area contributed by atoms with Crippen LogP contribution < -0.4 is 5.32 Å². The number of benzene rings is 2. The number of aryl methyl sites for hydroxylation is 1. The lowest BCUT2D eigenvalue weighted by atomic mass is 10.1. The molecule has 98 valence electrons. The molecule has 0 saturated heterocycles. The van der Waals surface area contributed by atoms with Gasteiger partial charge in [-0.2, -0.15) is 0 Å². The molecule has 0 aliphatic heterocycles. The lowest BCUT2D eigenvalue weighted by molar-refractivity contribution is 0.102. The summed E-state index contributed by atoms with van der Waals surface area (Å²) in [5.41, 5.74) is 2.04. The molecule has 0 saturated carbocycles. The van der Waals surface area contributed by atoms with Crippen molar-refractivity contribution in [3.63, 3.8) is 0 Å². The van der Waals surface area contributed by atoms with Crippen LogP contribution in [0.2, 0.25) is 0 Å². The maximum absolute atomic E-state index is 12.0. The summed E-state index contributed by atoms with van der Waals surface area (Å²) in [6.45, 7) is 1.91. The zero-order chi connectivity index (χ0) is 13.8. The van der Waals surface area contributed by atoms with Crippen molar-refractivity contribution in [2.24, 2.45) is 0 Å². The van der Waals surface area contributed by atoms with Crippen LogP contribution >= 0.6 is 0 Å². The van der Waals surface area contributed by atoms with Crippen molar-refractivity contribution in [2.75, 3.05) is 5.32 Å². The predicted octanol–water partition coefficient (Wildman–Crippen LogP) is 2.83. The second-order valence-corrected chi connectivity index (χ2v) is 5.07. The summed E-state index contributed by atoms with van der Waals surface area (Å²) >= 11 is -2.05. The Morgan fingerprint density at radius 3 is 2.58 bits per heavy atom. The van der Waals surface area contributed by atoms with E-state index in [0.29, 0.717) is 11.3 Å². The summed E-state index contributed by atoms with van der Waals surface area (Å²) in [6.07, 6.45) is 0. The van der Waals surface area contributed by atoms with Crippen LogP contribution in [0.15, 0.2) is 53.4 Å². The van der Waals surface area contributed by atoms with Gasteiger partial charge in [-0.3, -0.25) is 4.79 Å². The lowest BCUT2D eigenvalue weighted by Gasteiger charge is -2.06. The van der Waals surface area contributed by atoms with Crippen LogP contribution in [0.4, 0.5) is 5.69 Å². The van der Waals surface area contributed by atoms with Crippen LogP contribution in [-0.2, 0) is 11.1 Å². The minimum Gasteiger partial charge on any atom is -0.322 e. The topological polar surface area (TPSA) is 66.4 Å². The molecular formula is C14H13NO3S. The van der Waals surface area contributed by atoms with E-state index in [1.54, 1.807) is 24.3 Å². The van der Waals surface area contributed by atoms with Crippen LogP contribution in [-0.4, -0.2) is 14.7 Å². The molecule has 0 heterocycles. The Morgan fingerprint density at radius 2 is 1.89 bits per heavy atom. The molecule has 19 heavy (non-hydrogen) atoms. The van der Waals surface area contributed by atoms with E-state index < -0.39 is 11.1 Å². The molecule has 5 heteroatoms. The molecule has 2 N–H and O–H groups in total. The molecule has 1 unspecified atom stereocenters. The highest BCUT2D eigenvalue weighted by Crippen LogP contribution is 2.14. The Labute approximate surface area is 113 Å². The Kier molecular flexibility index (Phi) is 4.09. The SMILES string of the molecule is Cc1cccc(C(=O)Nc2cccc(S(=O)O)c2)c1. The fourth-order valence-corrected chi connectivity index (χ4v) is 2.09. The van der Waals surface area contributed by atoms with Crippen molar-refractivity contribution in [3.05, 3.63) is 59.7 Å². The zero-order valence-corrected chi connectivity index (χ0v) is 11.1. The smallest absolute Gasteiger partial charge is 0.255 e. The third-order valence-electron chi connectivity index (χ3n) is 2.57. The van der Waals surface area contributed by atoms with E-state index in [1.165, 1.54) is 12.1 Å². The van der Waals surface area contributed by atoms with Crippen molar-refractivity contribution < 1.29 is 13.6 Å².